The zero-order valence-electron chi connectivity index (χ0n) is 16.9. The fourth-order valence-electron chi connectivity index (χ4n) is 3.32. The van der Waals surface area contributed by atoms with Crippen LogP contribution in [0.3, 0.4) is 0 Å². The zero-order chi connectivity index (χ0) is 21.2. The van der Waals surface area contributed by atoms with Gasteiger partial charge < -0.3 is 9.47 Å². The van der Waals surface area contributed by atoms with Gasteiger partial charge in [0.1, 0.15) is 22.9 Å². The van der Waals surface area contributed by atoms with Crippen molar-refractivity contribution >= 4 is 5.78 Å². The molecule has 31 heavy (non-hydrogen) atoms. The van der Waals surface area contributed by atoms with Gasteiger partial charge in [0.15, 0.2) is 0 Å². The lowest BCUT2D eigenvalue weighted by Gasteiger charge is -2.08. The highest BCUT2D eigenvalue weighted by Gasteiger charge is 2.18. The third-order valence-electron chi connectivity index (χ3n) is 4.81. The molecule has 0 unspecified atom stereocenters. The Balaban J connectivity index is 1.73. The molecular weight excluding hydrogens is 392 g/mol. The number of imidazole rings is 1. The zero-order valence-corrected chi connectivity index (χ0v) is 16.9. The number of aromatic nitrogens is 6. The number of ether oxygens (including phenoxy) is 2. The maximum Gasteiger partial charge on any atom is 0.251 e. The summed E-state index contributed by atoms with van der Waals surface area (Å²) in [6.45, 7) is 0. The number of hydrogen-bond acceptors (Lipinski definition) is 7. The molecule has 0 atom stereocenters. The van der Waals surface area contributed by atoms with Crippen LogP contribution in [0.2, 0.25) is 0 Å². The molecule has 0 aliphatic rings. The van der Waals surface area contributed by atoms with E-state index >= 15 is 0 Å². The number of rotatable bonds is 5. The molecule has 0 N–H and O–H groups in total. The maximum atomic E-state index is 5.52. The largest absolute Gasteiger partial charge is 0.497 e. The van der Waals surface area contributed by atoms with Gasteiger partial charge in [0.05, 0.1) is 37.5 Å². The van der Waals surface area contributed by atoms with Crippen LogP contribution in [0.25, 0.3) is 39.8 Å². The third-order valence-corrected chi connectivity index (χ3v) is 4.81. The van der Waals surface area contributed by atoms with Crippen molar-refractivity contribution in [3.05, 3.63) is 73.2 Å². The first kappa shape index (κ1) is 18.7. The van der Waals surface area contributed by atoms with E-state index in [0.29, 0.717) is 45.7 Å². The van der Waals surface area contributed by atoms with Gasteiger partial charge in [0, 0.05) is 18.0 Å². The second-order valence-corrected chi connectivity index (χ2v) is 6.68. The Morgan fingerprint density at radius 1 is 0.742 bits per heavy atom. The Bertz CT molecular complexity index is 1280. The predicted octanol–water partition coefficient (Wildman–Crippen LogP) is 3.93. The fourth-order valence-corrected chi connectivity index (χ4v) is 3.32. The van der Waals surface area contributed by atoms with Crippen molar-refractivity contribution in [2.75, 3.05) is 14.2 Å². The van der Waals surface area contributed by atoms with E-state index in [1.54, 1.807) is 31.1 Å². The van der Waals surface area contributed by atoms with E-state index in [9.17, 15) is 0 Å². The Morgan fingerprint density at radius 3 is 2.13 bits per heavy atom. The second kappa shape index (κ2) is 7.83. The summed E-state index contributed by atoms with van der Waals surface area (Å²) < 4.78 is 12.5. The summed E-state index contributed by atoms with van der Waals surface area (Å²) in [6.07, 6.45) is 5.26. The van der Waals surface area contributed by atoms with Gasteiger partial charge in [0.25, 0.3) is 5.78 Å². The maximum absolute atomic E-state index is 5.52. The van der Waals surface area contributed by atoms with Gasteiger partial charge in [-0.25, -0.2) is 14.5 Å². The summed E-state index contributed by atoms with van der Waals surface area (Å²) in [6, 6.07) is 16.9. The number of benzene rings is 1. The highest BCUT2D eigenvalue weighted by molar-refractivity contribution is 5.76. The fraction of sp³-hybridized carbons (Fsp3) is 0.0870. The molecule has 4 aromatic heterocycles. The van der Waals surface area contributed by atoms with Crippen LogP contribution in [0.4, 0.5) is 0 Å². The highest BCUT2D eigenvalue weighted by Crippen LogP contribution is 2.33. The van der Waals surface area contributed by atoms with Crippen LogP contribution in [0.15, 0.2) is 73.2 Å². The topological polar surface area (TPSA) is 87.3 Å². The van der Waals surface area contributed by atoms with Crippen molar-refractivity contribution < 1.29 is 9.47 Å². The van der Waals surface area contributed by atoms with E-state index in [-0.39, 0.29) is 0 Å². The molecule has 0 saturated carbocycles. The molecule has 0 aliphatic heterocycles. The number of methoxy groups -OCH3 is 2. The Hall–Kier alpha value is -4.33. The summed E-state index contributed by atoms with van der Waals surface area (Å²) in [4.78, 5) is 18.4. The molecule has 0 spiro atoms. The van der Waals surface area contributed by atoms with Crippen molar-refractivity contribution in [2.45, 2.75) is 0 Å². The van der Waals surface area contributed by atoms with Crippen molar-refractivity contribution in [3.63, 3.8) is 0 Å². The molecule has 1 aromatic carbocycles. The van der Waals surface area contributed by atoms with Crippen molar-refractivity contribution in [1.29, 1.82) is 0 Å². The Labute approximate surface area is 178 Å². The monoisotopic (exact) mass is 410 g/mol. The molecule has 0 amide bonds. The molecule has 0 aliphatic carbocycles. The van der Waals surface area contributed by atoms with E-state index in [1.807, 2.05) is 60.8 Å². The number of nitrogens with zero attached hydrogens (tertiary/aromatic N) is 6. The van der Waals surface area contributed by atoms with Crippen LogP contribution in [0.5, 0.6) is 11.5 Å². The first-order valence-electron chi connectivity index (χ1n) is 9.59. The molecule has 0 radical (unpaired) electrons. The molecule has 152 valence electrons. The second-order valence-electron chi connectivity index (χ2n) is 6.68. The summed E-state index contributed by atoms with van der Waals surface area (Å²) in [5.41, 5.74) is 4.08. The van der Waals surface area contributed by atoms with E-state index < -0.39 is 0 Å². The lowest BCUT2D eigenvalue weighted by atomic mass is 10.1. The molecular formula is C23H18N6O2. The van der Waals surface area contributed by atoms with Crippen molar-refractivity contribution in [2.24, 2.45) is 0 Å². The standard InChI is InChI=1S/C23H18N6O2/c1-30-15-9-10-20(31-2)16(13-15)19-14-29-23(26-19)27-21(17-7-3-5-11-24-17)22(28-29)18-8-4-6-12-25-18/h3-14H,1-2H3. The lowest BCUT2D eigenvalue weighted by molar-refractivity contribution is 0.404. The minimum Gasteiger partial charge on any atom is -0.497 e. The van der Waals surface area contributed by atoms with Crippen LogP contribution in [0, 0.1) is 0 Å². The number of hydrogen-bond donors (Lipinski definition) is 0. The van der Waals surface area contributed by atoms with Gasteiger partial charge in [-0.15, -0.1) is 0 Å². The summed E-state index contributed by atoms with van der Waals surface area (Å²) >= 11 is 0. The molecule has 4 heterocycles. The van der Waals surface area contributed by atoms with Gasteiger partial charge in [-0.05, 0) is 42.5 Å². The van der Waals surface area contributed by atoms with Gasteiger partial charge in [-0.2, -0.15) is 5.10 Å². The quantitative estimate of drug-likeness (QED) is 0.434. The third kappa shape index (κ3) is 3.44. The van der Waals surface area contributed by atoms with Crippen LogP contribution in [-0.4, -0.2) is 43.8 Å². The van der Waals surface area contributed by atoms with Crippen molar-refractivity contribution in [1.82, 2.24) is 29.5 Å². The van der Waals surface area contributed by atoms with Crippen molar-refractivity contribution in [3.8, 4) is 45.5 Å². The van der Waals surface area contributed by atoms with Crippen LogP contribution >= 0.6 is 0 Å². The molecule has 8 nitrogen and oxygen atoms in total. The molecule has 8 heteroatoms. The summed E-state index contributed by atoms with van der Waals surface area (Å²) in [5.74, 6) is 1.83. The molecule has 5 rings (SSSR count). The van der Waals surface area contributed by atoms with E-state index in [0.717, 1.165) is 5.56 Å². The molecule has 0 fully saturated rings. The normalized spacial score (nSPS) is 10.9. The number of fused-ring (bicyclic) bond motifs is 1. The Morgan fingerprint density at radius 2 is 1.48 bits per heavy atom. The van der Waals surface area contributed by atoms with E-state index in [4.69, 9.17) is 24.5 Å². The lowest BCUT2D eigenvalue weighted by Crippen LogP contribution is -2.02. The van der Waals surface area contributed by atoms with Crippen LogP contribution in [0.1, 0.15) is 0 Å². The highest BCUT2D eigenvalue weighted by atomic mass is 16.5. The molecule has 0 bridgehead atoms. The van der Waals surface area contributed by atoms with Crippen LogP contribution < -0.4 is 9.47 Å². The SMILES string of the molecule is COc1ccc(OC)c(-c2cn3nc(-c4ccccn4)c(-c4ccccn4)nc3n2)c1. The number of pyridine rings is 2. The van der Waals surface area contributed by atoms with Gasteiger partial charge in [0.2, 0.25) is 0 Å². The minimum absolute atomic E-state index is 0.445. The van der Waals surface area contributed by atoms with E-state index in [2.05, 4.69) is 9.97 Å². The Kier molecular flexibility index (Phi) is 4.72. The summed E-state index contributed by atoms with van der Waals surface area (Å²) in [7, 11) is 3.24. The molecule has 5 aromatic rings. The average Bonchev–Trinajstić information content (AvgIpc) is 3.27. The molecule has 0 saturated heterocycles. The van der Waals surface area contributed by atoms with Gasteiger partial charge >= 0.3 is 0 Å². The minimum atomic E-state index is 0.445. The van der Waals surface area contributed by atoms with Gasteiger partial charge in [-0.3, -0.25) is 9.97 Å². The van der Waals surface area contributed by atoms with Gasteiger partial charge in [-0.1, -0.05) is 12.1 Å². The summed E-state index contributed by atoms with van der Waals surface area (Å²) in [5, 5.41) is 4.78. The smallest absolute Gasteiger partial charge is 0.251 e. The first-order valence-corrected chi connectivity index (χ1v) is 9.59. The first-order chi connectivity index (χ1) is 15.3. The predicted molar refractivity (Wildman–Crippen MR) is 116 cm³/mol. The average molecular weight is 410 g/mol. The van der Waals surface area contributed by atoms with E-state index in [1.165, 1.54) is 0 Å². The van der Waals surface area contributed by atoms with Crippen LogP contribution in [-0.2, 0) is 0 Å².